The van der Waals surface area contributed by atoms with Crippen LogP contribution < -0.4 is 5.56 Å². The largest absolute Gasteiger partial charge is 0.507 e. The summed E-state index contributed by atoms with van der Waals surface area (Å²) in [7, 11) is -1.15. The molecule has 0 atom stereocenters. The number of rotatable bonds is 5. The molecule has 0 aliphatic carbocycles. The summed E-state index contributed by atoms with van der Waals surface area (Å²) >= 11 is 0. The van der Waals surface area contributed by atoms with Gasteiger partial charge in [0.2, 0.25) is 0 Å². The summed E-state index contributed by atoms with van der Waals surface area (Å²) in [5, 5.41) is 10.9. The number of ether oxygens (including phenoxy) is 1. The average molecular weight is 319 g/mol. The Morgan fingerprint density at radius 3 is 2.55 bits per heavy atom. The minimum absolute atomic E-state index is 0.0713. The Bertz CT molecular complexity index is 744. The minimum atomic E-state index is -1.15. The first kappa shape index (κ1) is 16.8. The Morgan fingerprint density at radius 1 is 1.23 bits per heavy atom. The number of nitrogens with zero attached hydrogens (tertiary/aromatic N) is 1. The van der Waals surface area contributed by atoms with Gasteiger partial charge in [0.1, 0.15) is 12.5 Å². The molecule has 0 radical (unpaired) electrons. The standard InChI is InChI=1S/C17H25NO3Si/c1-12-7-6-8-14-15(12)18(17(20)13(2)16(14)19)11-21-9-10-22(3,4)5/h6-8,19H,9-11H2,1-5H3. The molecule has 1 aromatic heterocycles. The molecule has 0 spiro atoms. The Morgan fingerprint density at radius 2 is 1.91 bits per heavy atom. The zero-order chi connectivity index (χ0) is 16.5. The van der Waals surface area contributed by atoms with Crippen LogP contribution in [0, 0.1) is 13.8 Å². The molecule has 0 aliphatic rings. The van der Waals surface area contributed by atoms with Crippen LogP contribution >= 0.6 is 0 Å². The van der Waals surface area contributed by atoms with Crippen LogP contribution in [0.4, 0.5) is 0 Å². The Labute approximate surface area is 132 Å². The van der Waals surface area contributed by atoms with Gasteiger partial charge in [-0.2, -0.15) is 0 Å². The van der Waals surface area contributed by atoms with Gasteiger partial charge in [-0.15, -0.1) is 0 Å². The van der Waals surface area contributed by atoms with Gasteiger partial charge in [0, 0.05) is 20.1 Å². The van der Waals surface area contributed by atoms with Gasteiger partial charge in [-0.25, -0.2) is 0 Å². The van der Waals surface area contributed by atoms with Crippen molar-refractivity contribution in [1.82, 2.24) is 4.57 Å². The molecule has 1 aromatic carbocycles. The number of pyridine rings is 1. The molecule has 0 aliphatic heterocycles. The van der Waals surface area contributed by atoms with Crippen LogP contribution in [0.2, 0.25) is 25.7 Å². The molecule has 0 unspecified atom stereocenters. The lowest BCUT2D eigenvalue weighted by molar-refractivity contribution is 0.0876. The molecule has 22 heavy (non-hydrogen) atoms. The van der Waals surface area contributed by atoms with Crippen LogP contribution in [-0.2, 0) is 11.5 Å². The van der Waals surface area contributed by atoms with Gasteiger partial charge in [-0.3, -0.25) is 9.36 Å². The molecule has 0 saturated carbocycles. The van der Waals surface area contributed by atoms with Gasteiger partial charge in [0.25, 0.3) is 5.56 Å². The van der Waals surface area contributed by atoms with Gasteiger partial charge in [-0.1, -0.05) is 31.8 Å². The van der Waals surface area contributed by atoms with E-state index < -0.39 is 8.07 Å². The molecule has 0 saturated heterocycles. The first-order valence-electron chi connectivity index (χ1n) is 7.62. The molecule has 1 N–H and O–H groups in total. The molecule has 2 rings (SSSR count). The van der Waals surface area contributed by atoms with Crippen molar-refractivity contribution in [2.75, 3.05) is 6.61 Å². The maximum Gasteiger partial charge on any atom is 0.259 e. The number of aromatic nitrogens is 1. The first-order valence-corrected chi connectivity index (χ1v) is 11.3. The maximum atomic E-state index is 12.5. The summed E-state index contributed by atoms with van der Waals surface area (Å²) < 4.78 is 7.38. The van der Waals surface area contributed by atoms with Crippen molar-refractivity contribution >= 4 is 19.0 Å². The number of fused-ring (bicyclic) bond motifs is 1. The van der Waals surface area contributed by atoms with Crippen molar-refractivity contribution in [2.45, 2.75) is 46.3 Å². The summed E-state index contributed by atoms with van der Waals surface area (Å²) in [6.45, 7) is 11.4. The second-order valence-corrected chi connectivity index (χ2v) is 12.6. The molecule has 0 bridgehead atoms. The topological polar surface area (TPSA) is 51.5 Å². The summed E-state index contributed by atoms with van der Waals surface area (Å²) in [5.74, 6) is 0.0713. The summed E-state index contributed by atoms with van der Waals surface area (Å²) in [5.41, 5.74) is 1.89. The van der Waals surface area contributed by atoms with E-state index in [1.165, 1.54) is 0 Å². The quantitative estimate of drug-likeness (QED) is 0.676. The van der Waals surface area contributed by atoms with E-state index in [4.69, 9.17) is 4.74 Å². The molecule has 0 amide bonds. The van der Waals surface area contributed by atoms with E-state index in [0.717, 1.165) is 17.1 Å². The molecular formula is C17H25NO3Si. The number of hydrogen-bond acceptors (Lipinski definition) is 3. The van der Waals surface area contributed by atoms with Crippen molar-refractivity contribution < 1.29 is 9.84 Å². The van der Waals surface area contributed by atoms with Crippen molar-refractivity contribution in [3.8, 4) is 5.75 Å². The zero-order valence-electron chi connectivity index (χ0n) is 14.1. The Hall–Kier alpha value is -1.59. The highest BCUT2D eigenvalue weighted by Gasteiger charge is 2.16. The van der Waals surface area contributed by atoms with Crippen molar-refractivity contribution in [2.24, 2.45) is 0 Å². The molecule has 1 heterocycles. The second-order valence-electron chi connectivity index (χ2n) is 7.03. The summed E-state index contributed by atoms with van der Waals surface area (Å²) in [4.78, 5) is 12.5. The number of hydrogen-bond donors (Lipinski definition) is 1. The zero-order valence-corrected chi connectivity index (χ0v) is 15.1. The fraction of sp³-hybridized carbons (Fsp3) is 0.471. The predicted molar refractivity (Wildman–Crippen MR) is 93.5 cm³/mol. The maximum absolute atomic E-state index is 12.5. The van der Waals surface area contributed by atoms with Crippen molar-refractivity contribution in [3.63, 3.8) is 0 Å². The molecule has 120 valence electrons. The average Bonchev–Trinajstić information content (AvgIpc) is 2.43. The first-order chi connectivity index (χ1) is 10.2. The van der Waals surface area contributed by atoms with E-state index in [2.05, 4.69) is 19.6 Å². The Balaban J connectivity index is 2.39. The normalized spacial score (nSPS) is 12.0. The van der Waals surface area contributed by atoms with Crippen LogP contribution in [0.25, 0.3) is 10.9 Å². The van der Waals surface area contributed by atoms with Crippen LogP contribution in [0.5, 0.6) is 5.75 Å². The molecule has 2 aromatic rings. The molecule has 0 fully saturated rings. The van der Waals surface area contributed by atoms with Gasteiger partial charge in [-0.05, 0) is 31.5 Å². The van der Waals surface area contributed by atoms with Gasteiger partial charge >= 0.3 is 0 Å². The van der Waals surface area contributed by atoms with E-state index in [0.29, 0.717) is 17.6 Å². The highest BCUT2D eigenvalue weighted by Crippen LogP contribution is 2.27. The fourth-order valence-electron chi connectivity index (χ4n) is 2.47. The van der Waals surface area contributed by atoms with E-state index >= 15 is 0 Å². The SMILES string of the molecule is Cc1c(O)c2cccc(C)c2n(COCC[Si](C)(C)C)c1=O. The van der Waals surface area contributed by atoms with Crippen LogP contribution in [0.1, 0.15) is 11.1 Å². The van der Waals surface area contributed by atoms with Gasteiger partial charge < -0.3 is 9.84 Å². The minimum Gasteiger partial charge on any atom is -0.507 e. The van der Waals surface area contributed by atoms with Crippen LogP contribution in [0.3, 0.4) is 0 Å². The summed E-state index contributed by atoms with van der Waals surface area (Å²) in [6.07, 6.45) is 0. The number of para-hydroxylation sites is 1. The molecule has 5 heteroatoms. The van der Waals surface area contributed by atoms with Crippen molar-refractivity contribution in [3.05, 3.63) is 39.7 Å². The summed E-state index contributed by atoms with van der Waals surface area (Å²) in [6, 6.07) is 6.73. The highest BCUT2D eigenvalue weighted by atomic mass is 28.3. The Kier molecular flexibility index (Phi) is 4.77. The van der Waals surface area contributed by atoms with Gasteiger partial charge in [0.05, 0.1) is 11.1 Å². The predicted octanol–water partition coefficient (Wildman–Crippen LogP) is 3.64. The third kappa shape index (κ3) is 3.42. The van der Waals surface area contributed by atoms with Crippen molar-refractivity contribution in [1.29, 1.82) is 0 Å². The molecular weight excluding hydrogens is 294 g/mol. The third-order valence-electron chi connectivity index (χ3n) is 3.90. The number of aromatic hydroxyl groups is 1. The van der Waals surface area contributed by atoms with E-state index in [9.17, 15) is 9.90 Å². The molecule has 4 nitrogen and oxygen atoms in total. The number of benzene rings is 1. The number of aryl methyl sites for hydroxylation is 1. The fourth-order valence-corrected chi connectivity index (χ4v) is 3.23. The lowest BCUT2D eigenvalue weighted by Crippen LogP contribution is -2.26. The van der Waals surface area contributed by atoms with Crippen LogP contribution in [0.15, 0.2) is 23.0 Å². The third-order valence-corrected chi connectivity index (χ3v) is 5.60. The van der Waals surface area contributed by atoms with Gasteiger partial charge in [0.15, 0.2) is 0 Å². The lowest BCUT2D eigenvalue weighted by Gasteiger charge is -2.18. The monoisotopic (exact) mass is 319 g/mol. The second kappa shape index (κ2) is 6.26. The van der Waals surface area contributed by atoms with E-state index in [1.54, 1.807) is 11.5 Å². The van der Waals surface area contributed by atoms with Crippen LogP contribution in [-0.4, -0.2) is 24.4 Å². The van der Waals surface area contributed by atoms with E-state index in [-0.39, 0.29) is 18.0 Å². The highest BCUT2D eigenvalue weighted by molar-refractivity contribution is 6.76. The smallest absolute Gasteiger partial charge is 0.259 e. The van der Waals surface area contributed by atoms with E-state index in [1.807, 2.05) is 25.1 Å². The lowest BCUT2D eigenvalue weighted by atomic mass is 10.1.